The van der Waals surface area contributed by atoms with E-state index >= 15 is 0 Å². The lowest BCUT2D eigenvalue weighted by atomic mass is 10.0. The van der Waals surface area contributed by atoms with E-state index in [4.69, 9.17) is 4.98 Å². The lowest BCUT2D eigenvalue weighted by molar-refractivity contribution is -0.138. The minimum absolute atomic E-state index is 0.153. The van der Waals surface area contributed by atoms with Gasteiger partial charge in [0.2, 0.25) is 0 Å². The Hall–Kier alpha value is -2.53. The second-order valence-electron chi connectivity index (χ2n) is 10.2. The zero-order chi connectivity index (χ0) is 24.1. The molecule has 1 unspecified atom stereocenters. The smallest absolute Gasteiger partial charge is 0.251 e. The first-order chi connectivity index (χ1) is 17.0. The summed E-state index contributed by atoms with van der Waals surface area (Å²) in [4.78, 5) is 30.5. The zero-order valence-electron chi connectivity index (χ0n) is 19.9. The highest BCUT2D eigenvalue weighted by Gasteiger charge is 2.43. The molecule has 2 fully saturated rings. The number of aliphatic hydroxyl groups is 2. The van der Waals surface area contributed by atoms with Crippen molar-refractivity contribution in [2.24, 2.45) is 11.8 Å². The number of aromatic nitrogens is 3. The predicted molar refractivity (Wildman–Crippen MR) is 135 cm³/mol. The first kappa shape index (κ1) is 22.9. The van der Waals surface area contributed by atoms with E-state index in [1.165, 1.54) is 4.88 Å². The number of carbonyl (C=O) groups is 1. The zero-order valence-corrected chi connectivity index (χ0v) is 20.7. The lowest BCUT2D eigenvalue weighted by Gasteiger charge is -2.24. The number of hydrogen-bond donors (Lipinski definition) is 4. The van der Waals surface area contributed by atoms with Crippen molar-refractivity contribution in [1.29, 1.82) is 0 Å². The monoisotopic (exact) mass is 496 g/mol. The number of nitrogens with zero attached hydrogens (tertiary/aromatic N) is 4. The third kappa shape index (κ3) is 4.22. The van der Waals surface area contributed by atoms with Crippen LogP contribution in [0.1, 0.15) is 30.3 Å². The Morgan fingerprint density at radius 2 is 2.14 bits per heavy atom. The number of aliphatic hydroxyl groups excluding tert-OH is 2. The summed E-state index contributed by atoms with van der Waals surface area (Å²) < 4.78 is 0. The summed E-state index contributed by atoms with van der Waals surface area (Å²) in [5, 5.41) is 24.9. The number of nitrogens with one attached hydrogen (secondary N) is 2. The van der Waals surface area contributed by atoms with Gasteiger partial charge in [-0.25, -0.2) is 9.97 Å². The van der Waals surface area contributed by atoms with Gasteiger partial charge in [-0.05, 0) is 37.7 Å². The van der Waals surface area contributed by atoms with Crippen LogP contribution in [-0.2, 0) is 17.8 Å². The normalized spacial score (nSPS) is 25.1. The number of pyridine rings is 1. The molecule has 0 bridgehead atoms. The number of likely N-dealkylation sites (tertiary alicyclic amines) is 1. The quantitative estimate of drug-likeness (QED) is 0.413. The number of thiazole rings is 1. The molecule has 4 atom stereocenters. The summed E-state index contributed by atoms with van der Waals surface area (Å²) in [5.41, 5.74) is 4.14. The first-order valence-corrected chi connectivity index (χ1v) is 13.3. The average Bonchev–Trinajstić information content (AvgIpc) is 3.61. The standard InChI is InChI=1S/C25H32N6O3S/c1-14(33)25(34)31-11-15-8-17(9-16(15)12-31)28-22-18-2-4-26-23(18)27-10-19(22)24-29-20-3-5-30(6-7-32)13-21(20)35-24/h2,4,10,14-17,32-33H,3,5-9,11-13H2,1H3,(H2,26,27,28)/t14-,15-,16+,17?/m0/s1. The average molecular weight is 497 g/mol. The Kier molecular flexibility index (Phi) is 6.00. The van der Waals surface area contributed by atoms with Gasteiger partial charge in [-0.15, -0.1) is 11.3 Å². The molecule has 0 radical (unpaired) electrons. The first-order valence-electron chi connectivity index (χ1n) is 12.5. The van der Waals surface area contributed by atoms with Crippen LogP contribution < -0.4 is 5.32 Å². The molecule has 1 amide bonds. The number of β-amino-alcohol motifs (C(OH)–C–C–N with tert-alkyl or cyclic N) is 1. The molecule has 4 N–H and O–H groups in total. The minimum atomic E-state index is -0.927. The van der Waals surface area contributed by atoms with Gasteiger partial charge < -0.3 is 25.4 Å². The van der Waals surface area contributed by atoms with E-state index in [1.54, 1.807) is 18.3 Å². The number of hydrogen-bond acceptors (Lipinski definition) is 8. The van der Waals surface area contributed by atoms with Gasteiger partial charge in [0.25, 0.3) is 5.91 Å². The highest BCUT2D eigenvalue weighted by molar-refractivity contribution is 7.15. The van der Waals surface area contributed by atoms with Crippen molar-refractivity contribution in [2.45, 2.75) is 44.9 Å². The summed E-state index contributed by atoms with van der Waals surface area (Å²) >= 11 is 1.73. The maximum atomic E-state index is 12.2. The highest BCUT2D eigenvalue weighted by atomic mass is 32.1. The molecule has 0 aromatic carbocycles. The van der Waals surface area contributed by atoms with Crippen LogP contribution in [0, 0.1) is 11.8 Å². The SMILES string of the molecule is C[C@H](O)C(=O)N1C[C@H]2CC(Nc3c(-c4nc5c(s4)CN(CCO)CC5)cnc4[nH]ccc34)C[C@H]2C1. The predicted octanol–water partition coefficient (Wildman–Crippen LogP) is 2.07. The van der Waals surface area contributed by atoms with Crippen LogP contribution in [0.2, 0.25) is 0 Å². The van der Waals surface area contributed by atoms with E-state index in [0.717, 1.165) is 78.4 Å². The van der Waals surface area contributed by atoms with Crippen LogP contribution >= 0.6 is 11.3 Å². The molecular weight excluding hydrogens is 464 g/mol. The van der Waals surface area contributed by atoms with Gasteiger partial charge in [0.1, 0.15) is 16.8 Å². The Morgan fingerprint density at radius 1 is 1.34 bits per heavy atom. The summed E-state index contributed by atoms with van der Waals surface area (Å²) in [7, 11) is 0. The summed E-state index contributed by atoms with van der Waals surface area (Å²) in [6.07, 6.45) is 5.84. The molecule has 1 saturated heterocycles. The van der Waals surface area contributed by atoms with E-state index in [1.807, 2.05) is 17.3 Å². The lowest BCUT2D eigenvalue weighted by Crippen LogP contribution is -2.37. The fraction of sp³-hybridized carbons (Fsp3) is 0.560. The number of fused-ring (bicyclic) bond motifs is 3. The highest BCUT2D eigenvalue weighted by Crippen LogP contribution is 2.43. The van der Waals surface area contributed by atoms with Gasteiger partial charge in [-0.1, -0.05) is 0 Å². The van der Waals surface area contributed by atoms with E-state index < -0.39 is 6.10 Å². The van der Waals surface area contributed by atoms with Crippen LogP contribution in [0.3, 0.4) is 0 Å². The van der Waals surface area contributed by atoms with Gasteiger partial charge >= 0.3 is 0 Å². The van der Waals surface area contributed by atoms with Crippen LogP contribution in [0.4, 0.5) is 5.69 Å². The molecule has 3 aliphatic rings. The molecular formula is C25H32N6O3S. The van der Waals surface area contributed by atoms with E-state index in [9.17, 15) is 15.0 Å². The molecule has 2 aliphatic heterocycles. The number of amides is 1. The van der Waals surface area contributed by atoms with Gasteiger partial charge in [0, 0.05) is 67.8 Å². The Labute approximate surface area is 208 Å². The summed E-state index contributed by atoms with van der Waals surface area (Å²) in [6, 6.07) is 2.39. The molecule has 35 heavy (non-hydrogen) atoms. The van der Waals surface area contributed by atoms with Crippen molar-refractivity contribution in [3.8, 4) is 10.6 Å². The number of anilines is 1. The Bertz CT molecular complexity index is 1230. The maximum absolute atomic E-state index is 12.2. The van der Waals surface area contributed by atoms with Gasteiger partial charge in [-0.2, -0.15) is 0 Å². The van der Waals surface area contributed by atoms with Crippen molar-refractivity contribution in [3.63, 3.8) is 0 Å². The Balaban J connectivity index is 1.24. The number of aromatic amines is 1. The van der Waals surface area contributed by atoms with E-state index in [2.05, 4.69) is 26.3 Å². The summed E-state index contributed by atoms with van der Waals surface area (Å²) in [5.74, 6) is 0.776. The van der Waals surface area contributed by atoms with E-state index in [-0.39, 0.29) is 12.5 Å². The van der Waals surface area contributed by atoms with Crippen molar-refractivity contribution >= 4 is 34.0 Å². The molecule has 5 heterocycles. The second kappa shape index (κ2) is 9.16. The topological polar surface area (TPSA) is 118 Å². The van der Waals surface area contributed by atoms with Crippen LogP contribution in [0.25, 0.3) is 21.6 Å². The van der Waals surface area contributed by atoms with Gasteiger partial charge in [0.05, 0.1) is 23.6 Å². The minimum Gasteiger partial charge on any atom is -0.395 e. The van der Waals surface area contributed by atoms with Crippen LogP contribution in [0.15, 0.2) is 18.5 Å². The van der Waals surface area contributed by atoms with Crippen LogP contribution in [0.5, 0.6) is 0 Å². The maximum Gasteiger partial charge on any atom is 0.251 e. The molecule has 1 aliphatic carbocycles. The number of rotatable bonds is 6. The van der Waals surface area contributed by atoms with Crippen molar-refractivity contribution in [3.05, 3.63) is 29.0 Å². The summed E-state index contributed by atoms with van der Waals surface area (Å²) in [6.45, 7) is 5.66. The Morgan fingerprint density at radius 3 is 2.89 bits per heavy atom. The fourth-order valence-corrected chi connectivity index (χ4v) is 7.25. The largest absolute Gasteiger partial charge is 0.395 e. The number of carbonyl (C=O) groups excluding carboxylic acids is 1. The molecule has 1 saturated carbocycles. The van der Waals surface area contributed by atoms with Crippen LogP contribution in [-0.4, -0.2) is 85.8 Å². The molecule has 3 aromatic rings. The fourth-order valence-electron chi connectivity index (χ4n) is 6.09. The molecule has 6 rings (SSSR count). The molecule has 0 spiro atoms. The van der Waals surface area contributed by atoms with Crippen molar-refractivity contribution in [1.82, 2.24) is 24.8 Å². The third-order valence-corrected chi connectivity index (χ3v) is 8.93. The molecule has 9 nitrogen and oxygen atoms in total. The third-order valence-electron chi connectivity index (χ3n) is 7.81. The van der Waals surface area contributed by atoms with Gasteiger partial charge in [0.15, 0.2) is 0 Å². The van der Waals surface area contributed by atoms with E-state index in [0.29, 0.717) is 24.4 Å². The van der Waals surface area contributed by atoms with Gasteiger partial charge in [-0.3, -0.25) is 9.69 Å². The molecule has 186 valence electrons. The molecule has 3 aromatic heterocycles. The molecule has 10 heteroatoms. The second-order valence-corrected chi connectivity index (χ2v) is 11.3. The number of H-pyrrole nitrogens is 1. The van der Waals surface area contributed by atoms with Crippen molar-refractivity contribution < 1.29 is 15.0 Å². The van der Waals surface area contributed by atoms with Crippen molar-refractivity contribution in [2.75, 3.05) is 38.1 Å².